The molecule has 0 spiro atoms. The molecular weight excluding hydrogens is 377 g/mol. The minimum Gasteiger partial charge on any atom is -0.406 e. The third-order valence-corrected chi connectivity index (χ3v) is 4.05. The van der Waals surface area contributed by atoms with Crippen molar-refractivity contribution in [3.05, 3.63) is 36.7 Å². The Kier molecular flexibility index (Phi) is 6.30. The summed E-state index contributed by atoms with van der Waals surface area (Å²) in [6.45, 7) is 0.682. The summed E-state index contributed by atoms with van der Waals surface area (Å²) in [5.74, 6) is -0.191. The van der Waals surface area contributed by atoms with Gasteiger partial charge in [0.2, 0.25) is 5.91 Å². The molecule has 1 amide bonds. The maximum absolute atomic E-state index is 12.2. The van der Waals surface area contributed by atoms with Gasteiger partial charge in [0.1, 0.15) is 5.75 Å². The highest BCUT2D eigenvalue weighted by Gasteiger charge is 2.31. The Labute approximate surface area is 159 Å². The first-order valence-electron chi connectivity index (χ1n) is 8.74. The topological polar surface area (TPSA) is 85.4 Å². The third kappa shape index (κ3) is 6.08. The molecule has 10 heteroatoms. The van der Waals surface area contributed by atoms with Crippen molar-refractivity contribution in [1.29, 1.82) is 0 Å². The smallest absolute Gasteiger partial charge is 0.406 e. The van der Waals surface area contributed by atoms with Crippen molar-refractivity contribution in [2.24, 2.45) is 0 Å². The molecule has 1 aliphatic heterocycles. The molecule has 28 heavy (non-hydrogen) atoms. The number of anilines is 1. The third-order valence-electron chi connectivity index (χ3n) is 4.05. The van der Waals surface area contributed by atoms with Gasteiger partial charge in [-0.3, -0.25) is 20.6 Å². The lowest BCUT2D eigenvalue weighted by Gasteiger charge is -2.21. The second-order valence-electron chi connectivity index (χ2n) is 6.22. The lowest BCUT2D eigenvalue weighted by Crippen LogP contribution is -2.34. The van der Waals surface area contributed by atoms with Crippen molar-refractivity contribution in [2.75, 3.05) is 12.0 Å². The van der Waals surface area contributed by atoms with E-state index < -0.39 is 6.36 Å². The zero-order chi connectivity index (χ0) is 20.0. The number of carbonyl (C=O) groups excluding carboxylic acids is 1. The number of hydrogen-bond acceptors (Lipinski definition) is 6. The van der Waals surface area contributed by atoms with Crippen LogP contribution in [0.3, 0.4) is 0 Å². The number of halogens is 3. The SMILES string of the molecule is O=C(CC1CCCCO1)NNc1cnc(-c2ccc(OC(F)(F)F)cc2)cn1. The molecule has 1 saturated heterocycles. The molecule has 0 radical (unpaired) electrons. The second-order valence-corrected chi connectivity index (χ2v) is 6.22. The first-order chi connectivity index (χ1) is 13.4. The molecule has 1 atom stereocenters. The van der Waals surface area contributed by atoms with Gasteiger partial charge in [0.05, 0.1) is 30.6 Å². The van der Waals surface area contributed by atoms with E-state index in [1.165, 1.54) is 36.7 Å². The number of nitrogens with zero attached hydrogens (tertiary/aromatic N) is 2. The molecule has 3 rings (SSSR count). The van der Waals surface area contributed by atoms with Crippen molar-refractivity contribution in [1.82, 2.24) is 15.4 Å². The van der Waals surface area contributed by atoms with E-state index in [9.17, 15) is 18.0 Å². The molecule has 1 aromatic heterocycles. The van der Waals surface area contributed by atoms with Gasteiger partial charge in [-0.15, -0.1) is 13.2 Å². The number of benzene rings is 1. The number of hydrazine groups is 1. The van der Waals surface area contributed by atoms with Gasteiger partial charge in [0.15, 0.2) is 5.82 Å². The lowest BCUT2D eigenvalue weighted by atomic mass is 10.1. The standard InChI is InChI=1S/C18H19F3N4O3/c19-18(20,21)28-13-6-4-12(5-7-13)15-10-23-16(11-22-15)24-25-17(26)9-14-3-1-2-8-27-14/h4-7,10-11,14H,1-3,8-9H2,(H,23,24)(H,25,26). The number of amides is 1. The van der Waals surface area contributed by atoms with E-state index in [1.54, 1.807) is 0 Å². The molecule has 2 N–H and O–H groups in total. The Bertz CT molecular complexity index is 776. The summed E-state index contributed by atoms with van der Waals surface area (Å²) in [7, 11) is 0. The minimum absolute atomic E-state index is 0.0618. The maximum atomic E-state index is 12.2. The van der Waals surface area contributed by atoms with Crippen LogP contribution in [0.2, 0.25) is 0 Å². The predicted octanol–water partition coefficient (Wildman–Crippen LogP) is 3.44. The van der Waals surface area contributed by atoms with Crippen molar-refractivity contribution < 1.29 is 27.4 Å². The average Bonchev–Trinajstić information content (AvgIpc) is 2.67. The highest BCUT2D eigenvalue weighted by molar-refractivity contribution is 5.77. The largest absolute Gasteiger partial charge is 0.573 e. The number of rotatable bonds is 6. The fourth-order valence-corrected chi connectivity index (χ4v) is 2.73. The van der Waals surface area contributed by atoms with Crippen LogP contribution in [-0.2, 0) is 9.53 Å². The Balaban J connectivity index is 1.51. The van der Waals surface area contributed by atoms with Crippen molar-refractivity contribution in [3.63, 3.8) is 0 Å². The van der Waals surface area contributed by atoms with E-state index in [0.717, 1.165) is 19.3 Å². The Morgan fingerprint density at radius 2 is 1.96 bits per heavy atom. The van der Waals surface area contributed by atoms with Crippen LogP contribution in [0.15, 0.2) is 36.7 Å². The Morgan fingerprint density at radius 3 is 2.57 bits per heavy atom. The lowest BCUT2D eigenvalue weighted by molar-refractivity contribution is -0.274. The van der Waals surface area contributed by atoms with E-state index in [4.69, 9.17) is 4.74 Å². The first-order valence-corrected chi connectivity index (χ1v) is 8.74. The quantitative estimate of drug-likeness (QED) is 0.728. The molecule has 1 fully saturated rings. The van der Waals surface area contributed by atoms with Crippen LogP contribution in [0.5, 0.6) is 5.75 Å². The van der Waals surface area contributed by atoms with E-state index in [0.29, 0.717) is 23.7 Å². The number of hydrogen-bond donors (Lipinski definition) is 2. The molecule has 0 bridgehead atoms. The highest BCUT2D eigenvalue weighted by Crippen LogP contribution is 2.25. The maximum Gasteiger partial charge on any atom is 0.573 e. The van der Waals surface area contributed by atoms with Gasteiger partial charge in [-0.25, -0.2) is 4.98 Å². The highest BCUT2D eigenvalue weighted by atomic mass is 19.4. The van der Waals surface area contributed by atoms with E-state index in [2.05, 4.69) is 25.6 Å². The number of nitrogens with one attached hydrogen (secondary N) is 2. The number of ether oxygens (including phenoxy) is 2. The van der Waals surface area contributed by atoms with E-state index in [1.807, 2.05) is 0 Å². The monoisotopic (exact) mass is 396 g/mol. The van der Waals surface area contributed by atoms with Crippen LogP contribution in [0.1, 0.15) is 25.7 Å². The molecule has 0 saturated carbocycles. The zero-order valence-electron chi connectivity index (χ0n) is 14.8. The van der Waals surface area contributed by atoms with Crippen LogP contribution in [0, 0.1) is 0 Å². The number of alkyl halides is 3. The van der Waals surface area contributed by atoms with Gasteiger partial charge in [0, 0.05) is 12.2 Å². The Hall–Kier alpha value is -2.88. The summed E-state index contributed by atoms with van der Waals surface area (Å²) in [6.07, 6.45) is 1.28. The summed E-state index contributed by atoms with van der Waals surface area (Å²) in [6, 6.07) is 5.29. The van der Waals surface area contributed by atoms with Crippen LogP contribution < -0.4 is 15.6 Å². The Morgan fingerprint density at radius 1 is 1.18 bits per heavy atom. The van der Waals surface area contributed by atoms with Gasteiger partial charge in [-0.1, -0.05) is 0 Å². The van der Waals surface area contributed by atoms with Gasteiger partial charge in [-0.2, -0.15) is 0 Å². The molecule has 7 nitrogen and oxygen atoms in total. The summed E-state index contributed by atoms with van der Waals surface area (Å²) in [5.41, 5.74) is 6.25. The molecule has 2 aromatic rings. The fraction of sp³-hybridized carbons (Fsp3) is 0.389. The second kappa shape index (κ2) is 8.87. The molecular formula is C18H19F3N4O3. The van der Waals surface area contributed by atoms with Crippen molar-refractivity contribution in [2.45, 2.75) is 38.1 Å². The van der Waals surface area contributed by atoms with Gasteiger partial charge < -0.3 is 9.47 Å². The molecule has 1 aliphatic rings. The average molecular weight is 396 g/mol. The van der Waals surface area contributed by atoms with Crippen LogP contribution in [0.25, 0.3) is 11.3 Å². The minimum atomic E-state index is -4.73. The van der Waals surface area contributed by atoms with E-state index >= 15 is 0 Å². The summed E-state index contributed by atoms with van der Waals surface area (Å²) >= 11 is 0. The van der Waals surface area contributed by atoms with Gasteiger partial charge in [0.25, 0.3) is 0 Å². The van der Waals surface area contributed by atoms with Gasteiger partial charge >= 0.3 is 6.36 Å². The van der Waals surface area contributed by atoms with E-state index in [-0.39, 0.29) is 24.2 Å². The first kappa shape index (κ1) is 19.9. The fourth-order valence-electron chi connectivity index (χ4n) is 2.73. The van der Waals surface area contributed by atoms with Crippen LogP contribution >= 0.6 is 0 Å². The summed E-state index contributed by atoms with van der Waals surface area (Å²) in [4.78, 5) is 20.2. The van der Waals surface area contributed by atoms with Gasteiger partial charge in [-0.05, 0) is 43.5 Å². The number of carbonyl (C=O) groups is 1. The van der Waals surface area contributed by atoms with Crippen molar-refractivity contribution >= 4 is 11.7 Å². The molecule has 150 valence electrons. The normalized spacial score (nSPS) is 17.0. The number of aromatic nitrogens is 2. The molecule has 1 aromatic carbocycles. The molecule has 0 aliphatic carbocycles. The molecule has 1 unspecified atom stereocenters. The van der Waals surface area contributed by atoms with Crippen LogP contribution in [-0.4, -0.2) is 34.9 Å². The molecule has 2 heterocycles. The predicted molar refractivity (Wildman–Crippen MR) is 94.1 cm³/mol. The summed E-state index contributed by atoms with van der Waals surface area (Å²) in [5, 5.41) is 0. The van der Waals surface area contributed by atoms with Crippen molar-refractivity contribution in [3.8, 4) is 17.0 Å². The zero-order valence-corrected chi connectivity index (χ0v) is 14.8. The summed E-state index contributed by atoms with van der Waals surface area (Å²) < 4.78 is 45.9. The van der Waals surface area contributed by atoms with Crippen LogP contribution in [0.4, 0.5) is 19.0 Å².